The van der Waals surface area contributed by atoms with Gasteiger partial charge >= 0.3 is 0 Å². The maximum Gasteiger partial charge on any atom is 0.129 e. The number of benzene rings is 1. The predicted octanol–water partition coefficient (Wildman–Crippen LogP) is 2.99. The second-order valence-corrected chi connectivity index (χ2v) is 4.55. The molecule has 0 bridgehead atoms. The first-order valence-electron chi connectivity index (χ1n) is 7.12. The zero-order chi connectivity index (χ0) is 14.9. The highest BCUT2D eigenvalue weighted by atomic mass is 16.5. The van der Waals surface area contributed by atoms with Crippen LogP contribution in [0.3, 0.4) is 0 Å². The van der Waals surface area contributed by atoms with Crippen molar-refractivity contribution >= 4 is 5.82 Å². The Morgan fingerprint density at radius 3 is 2.81 bits per heavy atom. The molecule has 0 saturated carbocycles. The van der Waals surface area contributed by atoms with E-state index in [1.807, 2.05) is 30.3 Å². The molecular weight excluding hydrogens is 266 g/mol. The molecule has 1 aromatic heterocycles. The van der Waals surface area contributed by atoms with E-state index < -0.39 is 0 Å². The standard InChI is InChI=1S/C16H21N3O2/c1-3-8-17-16-11-14(18-12-19-16)13-6-4-5-7-15(13)21-10-9-20-2/h4-7,11-12H,3,8-10H2,1-2H3,(H,17,18,19). The van der Waals surface area contributed by atoms with Gasteiger partial charge in [0.2, 0.25) is 0 Å². The molecule has 0 aliphatic heterocycles. The number of nitrogens with zero attached hydrogens (tertiary/aromatic N) is 2. The van der Waals surface area contributed by atoms with Crippen LogP contribution in [0.1, 0.15) is 13.3 Å². The Morgan fingerprint density at radius 1 is 1.14 bits per heavy atom. The number of aromatic nitrogens is 2. The number of para-hydroxylation sites is 1. The average molecular weight is 287 g/mol. The summed E-state index contributed by atoms with van der Waals surface area (Å²) < 4.78 is 10.8. The summed E-state index contributed by atoms with van der Waals surface area (Å²) in [6, 6.07) is 9.79. The summed E-state index contributed by atoms with van der Waals surface area (Å²) in [5.41, 5.74) is 1.80. The van der Waals surface area contributed by atoms with Crippen LogP contribution in [0.25, 0.3) is 11.3 Å². The summed E-state index contributed by atoms with van der Waals surface area (Å²) in [6.07, 6.45) is 2.62. The van der Waals surface area contributed by atoms with Crippen molar-refractivity contribution in [3.05, 3.63) is 36.7 Å². The van der Waals surface area contributed by atoms with Gasteiger partial charge in [-0.05, 0) is 18.6 Å². The molecule has 1 aromatic carbocycles. The lowest BCUT2D eigenvalue weighted by Gasteiger charge is -2.11. The summed E-state index contributed by atoms with van der Waals surface area (Å²) in [6.45, 7) is 4.08. The molecule has 0 aliphatic carbocycles. The maximum absolute atomic E-state index is 5.75. The minimum Gasteiger partial charge on any atom is -0.490 e. The molecule has 2 rings (SSSR count). The Bertz CT molecular complexity index is 561. The highest BCUT2D eigenvalue weighted by Crippen LogP contribution is 2.29. The molecule has 0 aliphatic rings. The monoisotopic (exact) mass is 287 g/mol. The Kier molecular flexibility index (Phi) is 5.97. The van der Waals surface area contributed by atoms with Gasteiger partial charge in [0.1, 0.15) is 24.5 Å². The van der Waals surface area contributed by atoms with Crippen LogP contribution in [0.2, 0.25) is 0 Å². The lowest BCUT2D eigenvalue weighted by molar-refractivity contribution is 0.146. The lowest BCUT2D eigenvalue weighted by Crippen LogP contribution is -2.05. The predicted molar refractivity (Wildman–Crippen MR) is 83.6 cm³/mol. The van der Waals surface area contributed by atoms with Crippen LogP contribution < -0.4 is 10.1 Å². The normalized spacial score (nSPS) is 10.4. The Labute approximate surface area is 125 Å². The molecule has 0 radical (unpaired) electrons. The SMILES string of the molecule is CCCNc1cc(-c2ccccc2OCCOC)ncn1. The molecule has 0 unspecified atom stereocenters. The van der Waals surface area contributed by atoms with Crippen LogP contribution >= 0.6 is 0 Å². The summed E-state index contributed by atoms with van der Waals surface area (Å²) in [5.74, 6) is 1.63. The lowest BCUT2D eigenvalue weighted by atomic mass is 10.1. The molecule has 0 spiro atoms. The number of nitrogens with one attached hydrogen (secondary N) is 1. The van der Waals surface area contributed by atoms with E-state index in [1.54, 1.807) is 13.4 Å². The van der Waals surface area contributed by atoms with Crippen molar-refractivity contribution < 1.29 is 9.47 Å². The third-order valence-corrected chi connectivity index (χ3v) is 2.93. The highest BCUT2D eigenvalue weighted by Gasteiger charge is 2.08. The van der Waals surface area contributed by atoms with Gasteiger partial charge in [-0.2, -0.15) is 0 Å². The van der Waals surface area contributed by atoms with E-state index in [0.29, 0.717) is 13.2 Å². The number of rotatable bonds is 8. The second-order valence-electron chi connectivity index (χ2n) is 4.55. The van der Waals surface area contributed by atoms with Crippen molar-refractivity contribution in [1.82, 2.24) is 9.97 Å². The van der Waals surface area contributed by atoms with Crippen LogP contribution in [0.5, 0.6) is 5.75 Å². The largest absolute Gasteiger partial charge is 0.490 e. The van der Waals surface area contributed by atoms with E-state index in [4.69, 9.17) is 9.47 Å². The topological polar surface area (TPSA) is 56.3 Å². The van der Waals surface area contributed by atoms with Crippen molar-refractivity contribution in [2.45, 2.75) is 13.3 Å². The van der Waals surface area contributed by atoms with Gasteiger partial charge in [0.05, 0.1) is 12.3 Å². The summed E-state index contributed by atoms with van der Waals surface area (Å²) in [7, 11) is 1.66. The highest BCUT2D eigenvalue weighted by molar-refractivity contribution is 5.68. The first-order valence-corrected chi connectivity index (χ1v) is 7.12. The van der Waals surface area contributed by atoms with Crippen molar-refractivity contribution in [2.24, 2.45) is 0 Å². The van der Waals surface area contributed by atoms with Gasteiger partial charge < -0.3 is 14.8 Å². The van der Waals surface area contributed by atoms with Gasteiger partial charge in [-0.15, -0.1) is 0 Å². The van der Waals surface area contributed by atoms with Crippen molar-refractivity contribution in [2.75, 3.05) is 32.2 Å². The molecule has 0 fully saturated rings. The quantitative estimate of drug-likeness (QED) is 0.756. The first-order chi connectivity index (χ1) is 10.3. The van der Waals surface area contributed by atoms with E-state index in [9.17, 15) is 0 Å². The van der Waals surface area contributed by atoms with E-state index in [-0.39, 0.29) is 0 Å². The number of hydrogen-bond donors (Lipinski definition) is 1. The van der Waals surface area contributed by atoms with Crippen LogP contribution in [-0.4, -0.2) is 36.8 Å². The average Bonchev–Trinajstić information content (AvgIpc) is 2.54. The Morgan fingerprint density at radius 2 is 2.00 bits per heavy atom. The first kappa shape index (κ1) is 15.3. The van der Waals surface area contributed by atoms with E-state index >= 15 is 0 Å². The summed E-state index contributed by atoms with van der Waals surface area (Å²) in [4.78, 5) is 8.57. The van der Waals surface area contributed by atoms with Gasteiger partial charge in [-0.1, -0.05) is 19.1 Å². The molecule has 5 nitrogen and oxygen atoms in total. The molecule has 0 saturated heterocycles. The Balaban J connectivity index is 2.20. The van der Waals surface area contributed by atoms with Gasteiger partial charge in [0.25, 0.3) is 0 Å². The minimum atomic E-state index is 0.513. The maximum atomic E-state index is 5.75. The third kappa shape index (κ3) is 4.43. The third-order valence-electron chi connectivity index (χ3n) is 2.93. The molecule has 21 heavy (non-hydrogen) atoms. The van der Waals surface area contributed by atoms with Crippen LogP contribution in [0.4, 0.5) is 5.82 Å². The molecule has 1 heterocycles. The molecule has 2 aromatic rings. The minimum absolute atomic E-state index is 0.513. The van der Waals surface area contributed by atoms with Crippen LogP contribution in [0.15, 0.2) is 36.7 Å². The zero-order valence-corrected chi connectivity index (χ0v) is 12.5. The van der Waals surface area contributed by atoms with Crippen molar-refractivity contribution in [3.63, 3.8) is 0 Å². The molecule has 0 atom stereocenters. The van der Waals surface area contributed by atoms with E-state index in [0.717, 1.165) is 35.8 Å². The summed E-state index contributed by atoms with van der Waals surface area (Å²) >= 11 is 0. The smallest absolute Gasteiger partial charge is 0.129 e. The van der Waals surface area contributed by atoms with Gasteiger partial charge in [0, 0.05) is 25.3 Å². The van der Waals surface area contributed by atoms with Gasteiger partial charge in [-0.3, -0.25) is 0 Å². The van der Waals surface area contributed by atoms with E-state index in [2.05, 4.69) is 22.2 Å². The fourth-order valence-corrected chi connectivity index (χ4v) is 1.89. The molecule has 5 heteroatoms. The summed E-state index contributed by atoms with van der Waals surface area (Å²) in [5, 5.41) is 3.26. The zero-order valence-electron chi connectivity index (χ0n) is 12.5. The molecular formula is C16H21N3O2. The Hall–Kier alpha value is -2.14. The van der Waals surface area contributed by atoms with Gasteiger partial charge in [0.15, 0.2) is 0 Å². The number of methoxy groups -OCH3 is 1. The second kappa shape index (κ2) is 8.21. The van der Waals surface area contributed by atoms with E-state index in [1.165, 1.54) is 0 Å². The van der Waals surface area contributed by atoms with Crippen LogP contribution in [-0.2, 0) is 4.74 Å². The molecule has 112 valence electrons. The number of anilines is 1. The van der Waals surface area contributed by atoms with Crippen LogP contribution in [0, 0.1) is 0 Å². The fraction of sp³-hybridized carbons (Fsp3) is 0.375. The van der Waals surface area contributed by atoms with Crippen molar-refractivity contribution in [3.8, 4) is 17.0 Å². The number of ether oxygens (including phenoxy) is 2. The molecule has 0 amide bonds. The van der Waals surface area contributed by atoms with Crippen molar-refractivity contribution in [1.29, 1.82) is 0 Å². The van der Waals surface area contributed by atoms with Gasteiger partial charge in [-0.25, -0.2) is 9.97 Å². The number of hydrogen-bond acceptors (Lipinski definition) is 5. The molecule has 1 N–H and O–H groups in total. The fourth-order valence-electron chi connectivity index (χ4n) is 1.89.